The van der Waals surface area contributed by atoms with Crippen LogP contribution in [0, 0.1) is 5.92 Å². The molecule has 1 amide bonds. The van der Waals surface area contributed by atoms with Crippen molar-refractivity contribution in [3.8, 4) is 0 Å². The lowest BCUT2D eigenvalue weighted by molar-refractivity contribution is 0.0458. The Kier molecular flexibility index (Phi) is 4.04. The second-order valence-corrected chi connectivity index (χ2v) is 8.34. The standard InChI is InChI=1S/C20H20N4O2S/c25-19-8-14-3-1-2-4-16(14)22-24(19)11-13-9-23(10-13)20(26)15-5-6-17-18(7-15)27-12-21-17/h5-8,12-13H,1-4,9-11H2. The van der Waals surface area contributed by atoms with E-state index in [-0.39, 0.29) is 17.4 Å². The lowest BCUT2D eigenvalue weighted by Gasteiger charge is -2.39. The van der Waals surface area contributed by atoms with Crippen molar-refractivity contribution in [2.45, 2.75) is 32.2 Å². The number of aromatic nitrogens is 3. The van der Waals surface area contributed by atoms with Gasteiger partial charge >= 0.3 is 0 Å². The highest BCUT2D eigenvalue weighted by molar-refractivity contribution is 7.16. The maximum Gasteiger partial charge on any atom is 0.267 e. The molecule has 0 spiro atoms. The van der Waals surface area contributed by atoms with E-state index in [0.717, 1.165) is 47.2 Å². The summed E-state index contributed by atoms with van der Waals surface area (Å²) >= 11 is 1.54. The van der Waals surface area contributed by atoms with Crippen molar-refractivity contribution >= 4 is 27.5 Å². The number of carbonyl (C=O) groups excluding carboxylic acids is 1. The van der Waals surface area contributed by atoms with Crippen molar-refractivity contribution in [1.29, 1.82) is 0 Å². The third-order valence-electron chi connectivity index (χ3n) is 5.53. The summed E-state index contributed by atoms with van der Waals surface area (Å²) < 4.78 is 2.63. The van der Waals surface area contributed by atoms with E-state index >= 15 is 0 Å². The van der Waals surface area contributed by atoms with Gasteiger partial charge in [-0.3, -0.25) is 9.59 Å². The van der Waals surface area contributed by atoms with Gasteiger partial charge in [0.05, 0.1) is 28.0 Å². The van der Waals surface area contributed by atoms with E-state index < -0.39 is 0 Å². The van der Waals surface area contributed by atoms with Crippen LogP contribution in [-0.4, -0.2) is 38.7 Å². The highest BCUT2D eigenvalue weighted by Gasteiger charge is 2.32. The molecule has 0 N–H and O–H groups in total. The highest BCUT2D eigenvalue weighted by Crippen LogP contribution is 2.24. The van der Waals surface area contributed by atoms with Gasteiger partial charge in [0.2, 0.25) is 0 Å². The molecule has 7 heteroatoms. The summed E-state index contributed by atoms with van der Waals surface area (Å²) in [5.41, 5.74) is 5.60. The molecule has 6 nitrogen and oxygen atoms in total. The van der Waals surface area contributed by atoms with Gasteiger partial charge in [0, 0.05) is 30.6 Å². The van der Waals surface area contributed by atoms with Crippen LogP contribution in [0.5, 0.6) is 0 Å². The fourth-order valence-electron chi connectivity index (χ4n) is 4.00. The average Bonchev–Trinajstić information content (AvgIpc) is 3.11. The van der Waals surface area contributed by atoms with E-state index in [1.807, 2.05) is 23.1 Å². The maximum atomic E-state index is 12.7. The SMILES string of the molecule is O=C(c1ccc2ncsc2c1)N1CC(Cn2nc3c(cc2=O)CCCC3)C1. The lowest BCUT2D eigenvalue weighted by Crippen LogP contribution is -2.52. The molecule has 0 bridgehead atoms. The van der Waals surface area contributed by atoms with Gasteiger partial charge in [-0.2, -0.15) is 5.10 Å². The monoisotopic (exact) mass is 380 g/mol. The molecule has 0 unspecified atom stereocenters. The largest absolute Gasteiger partial charge is 0.338 e. The normalized spacial score (nSPS) is 17.0. The van der Waals surface area contributed by atoms with E-state index in [1.165, 1.54) is 0 Å². The quantitative estimate of drug-likeness (QED) is 0.700. The molecule has 0 radical (unpaired) electrons. The Hall–Kier alpha value is -2.54. The molecule has 3 heterocycles. The van der Waals surface area contributed by atoms with E-state index in [9.17, 15) is 9.59 Å². The Morgan fingerprint density at radius 3 is 2.93 bits per heavy atom. The Bertz CT molecular complexity index is 1080. The summed E-state index contributed by atoms with van der Waals surface area (Å²) in [5.74, 6) is 0.334. The minimum absolute atomic E-state index is 0.0175. The zero-order chi connectivity index (χ0) is 18.4. The first-order valence-corrected chi connectivity index (χ1v) is 10.3. The van der Waals surface area contributed by atoms with Gasteiger partial charge in [0.25, 0.3) is 11.5 Å². The molecular weight excluding hydrogens is 360 g/mol. The molecule has 0 atom stereocenters. The fourth-order valence-corrected chi connectivity index (χ4v) is 4.71. The van der Waals surface area contributed by atoms with Gasteiger partial charge in [-0.05, 0) is 49.4 Å². The number of thiazole rings is 1. The number of fused-ring (bicyclic) bond motifs is 2. The predicted octanol–water partition coefficient (Wildman–Crippen LogP) is 2.50. The first kappa shape index (κ1) is 16.6. The number of rotatable bonds is 3. The van der Waals surface area contributed by atoms with Gasteiger partial charge in [-0.15, -0.1) is 11.3 Å². The van der Waals surface area contributed by atoms with Gasteiger partial charge in [-0.1, -0.05) is 0 Å². The summed E-state index contributed by atoms with van der Waals surface area (Å²) in [6.07, 6.45) is 4.22. The summed E-state index contributed by atoms with van der Waals surface area (Å²) in [4.78, 5) is 31.1. The molecule has 1 aliphatic carbocycles. The number of likely N-dealkylation sites (tertiary alicyclic amines) is 1. The van der Waals surface area contributed by atoms with Crippen molar-refractivity contribution in [1.82, 2.24) is 19.7 Å². The Morgan fingerprint density at radius 2 is 2.04 bits per heavy atom. The van der Waals surface area contributed by atoms with Gasteiger partial charge in [-0.25, -0.2) is 9.67 Å². The van der Waals surface area contributed by atoms with Crippen molar-refractivity contribution in [2.24, 2.45) is 5.92 Å². The average molecular weight is 380 g/mol. The van der Waals surface area contributed by atoms with Crippen LogP contribution in [-0.2, 0) is 19.4 Å². The van der Waals surface area contributed by atoms with Crippen LogP contribution in [0.2, 0.25) is 0 Å². The zero-order valence-electron chi connectivity index (χ0n) is 14.9. The molecule has 1 aromatic carbocycles. The van der Waals surface area contributed by atoms with Crippen LogP contribution in [0.1, 0.15) is 34.5 Å². The van der Waals surface area contributed by atoms with Crippen molar-refractivity contribution in [3.63, 3.8) is 0 Å². The Labute approximate surface area is 160 Å². The van der Waals surface area contributed by atoms with Crippen LogP contribution in [0.3, 0.4) is 0 Å². The minimum Gasteiger partial charge on any atom is -0.338 e. The number of hydrogen-bond donors (Lipinski definition) is 0. The number of nitrogens with zero attached hydrogens (tertiary/aromatic N) is 4. The van der Waals surface area contributed by atoms with E-state index in [2.05, 4.69) is 10.1 Å². The smallest absolute Gasteiger partial charge is 0.267 e. The number of benzene rings is 1. The first-order chi connectivity index (χ1) is 13.2. The van der Waals surface area contributed by atoms with Gasteiger partial charge in [0.1, 0.15) is 0 Å². The molecule has 1 fully saturated rings. The van der Waals surface area contributed by atoms with Crippen LogP contribution in [0.25, 0.3) is 10.2 Å². The summed E-state index contributed by atoms with van der Waals surface area (Å²) in [5, 5.41) is 4.59. The zero-order valence-corrected chi connectivity index (χ0v) is 15.7. The molecular formula is C20H20N4O2S. The Balaban J connectivity index is 1.25. The summed E-state index contributed by atoms with van der Waals surface area (Å²) in [6.45, 7) is 1.93. The van der Waals surface area contributed by atoms with Gasteiger partial charge < -0.3 is 4.90 Å². The number of hydrogen-bond acceptors (Lipinski definition) is 5. The molecule has 138 valence electrons. The van der Waals surface area contributed by atoms with Crippen molar-refractivity contribution < 1.29 is 4.79 Å². The first-order valence-electron chi connectivity index (χ1n) is 9.40. The second kappa shape index (κ2) is 6.56. The summed E-state index contributed by atoms with van der Waals surface area (Å²) in [6, 6.07) is 7.41. The van der Waals surface area contributed by atoms with Crippen LogP contribution >= 0.6 is 11.3 Å². The number of carbonyl (C=O) groups is 1. The van der Waals surface area contributed by atoms with E-state index in [0.29, 0.717) is 25.2 Å². The summed E-state index contributed by atoms with van der Waals surface area (Å²) in [7, 11) is 0. The molecule has 1 aliphatic heterocycles. The molecule has 3 aromatic rings. The van der Waals surface area contributed by atoms with E-state index in [4.69, 9.17) is 0 Å². The molecule has 2 aliphatic rings. The maximum absolute atomic E-state index is 12.7. The number of amides is 1. The molecule has 5 rings (SSSR count). The van der Waals surface area contributed by atoms with E-state index in [1.54, 1.807) is 27.6 Å². The Morgan fingerprint density at radius 1 is 1.19 bits per heavy atom. The van der Waals surface area contributed by atoms with Crippen LogP contribution < -0.4 is 5.56 Å². The van der Waals surface area contributed by atoms with Crippen LogP contribution in [0.15, 0.2) is 34.6 Å². The molecule has 0 saturated carbocycles. The van der Waals surface area contributed by atoms with Crippen molar-refractivity contribution in [2.75, 3.05) is 13.1 Å². The lowest BCUT2D eigenvalue weighted by atomic mass is 9.96. The topological polar surface area (TPSA) is 68.1 Å². The van der Waals surface area contributed by atoms with Crippen LogP contribution in [0.4, 0.5) is 0 Å². The molecule has 1 saturated heterocycles. The predicted molar refractivity (Wildman–Crippen MR) is 104 cm³/mol. The second-order valence-electron chi connectivity index (χ2n) is 7.45. The third kappa shape index (κ3) is 3.06. The molecule has 27 heavy (non-hydrogen) atoms. The fraction of sp³-hybridized carbons (Fsp3) is 0.400. The number of aryl methyl sites for hydroxylation is 2. The van der Waals surface area contributed by atoms with Gasteiger partial charge in [0.15, 0.2) is 0 Å². The minimum atomic E-state index is -0.0175. The molecule has 2 aromatic heterocycles. The van der Waals surface area contributed by atoms with Crippen molar-refractivity contribution in [3.05, 3.63) is 57.0 Å². The third-order valence-corrected chi connectivity index (χ3v) is 6.32. The highest BCUT2D eigenvalue weighted by atomic mass is 32.1.